The number of rotatable bonds is 4. The largest absolute Gasteiger partial charge is 0.411 e. The normalized spacial score (nSPS) is 14.6. The molecule has 7 nitrogen and oxygen atoms in total. The van der Waals surface area contributed by atoms with Gasteiger partial charge in [-0.05, 0) is 39.8 Å². The van der Waals surface area contributed by atoms with Crippen LogP contribution in [0.3, 0.4) is 0 Å². The number of hydrogen-bond acceptors (Lipinski definition) is 7. The molecule has 7 heteroatoms. The number of pyridine rings is 1. The van der Waals surface area contributed by atoms with Crippen molar-refractivity contribution in [2.24, 2.45) is 20.3 Å². The van der Waals surface area contributed by atoms with Crippen molar-refractivity contribution in [3.05, 3.63) is 18.2 Å². The lowest BCUT2D eigenvalue weighted by molar-refractivity contribution is 0.319. The van der Waals surface area contributed by atoms with Crippen LogP contribution in [0.1, 0.15) is 27.7 Å². The third-order valence-corrected chi connectivity index (χ3v) is 2.63. The Labute approximate surface area is 117 Å². The van der Waals surface area contributed by atoms with Crippen molar-refractivity contribution >= 4 is 34.5 Å². The molecule has 0 bridgehead atoms. The summed E-state index contributed by atoms with van der Waals surface area (Å²) < 4.78 is 0. The van der Waals surface area contributed by atoms with Crippen LogP contribution < -0.4 is 0 Å². The average molecular weight is 275 g/mol. The molecule has 0 unspecified atom stereocenters. The third kappa shape index (κ3) is 4.27. The summed E-state index contributed by atoms with van der Waals surface area (Å²) in [4.78, 5) is 12.7. The minimum absolute atomic E-state index is 0.417. The highest BCUT2D eigenvalue weighted by Crippen LogP contribution is 2.15. The van der Waals surface area contributed by atoms with Gasteiger partial charge in [-0.2, -0.15) is 0 Å². The summed E-state index contributed by atoms with van der Waals surface area (Å²) in [6.45, 7) is 6.74. The van der Waals surface area contributed by atoms with Crippen molar-refractivity contribution in [3.63, 3.8) is 0 Å². The predicted octanol–water partition coefficient (Wildman–Crippen LogP) is 2.97. The van der Waals surface area contributed by atoms with Crippen LogP contribution in [0.5, 0.6) is 0 Å². The van der Waals surface area contributed by atoms with E-state index in [4.69, 9.17) is 10.4 Å². The van der Waals surface area contributed by atoms with Crippen LogP contribution in [0.15, 0.2) is 38.5 Å². The first kappa shape index (κ1) is 15.5. The van der Waals surface area contributed by atoms with Gasteiger partial charge in [-0.3, -0.25) is 0 Å². The summed E-state index contributed by atoms with van der Waals surface area (Å²) in [6.07, 6.45) is 0. The molecule has 0 aliphatic heterocycles. The van der Waals surface area contributed by atoms with E-state index in [1.165, 1.54) is 0 Å². The maximum Gasteiger partial charge on any atom is 0.154 e. The van der Waals surface area contributed by atoms with Gasteiger partial charge in [0.05, 0.1) is 22.8 Å². The smallest absolute Gasteiger partial charge is 0.154 e. The minimum atomic E-state index is 0.417. The number of hydrogen-bond donors (Lipinski definition) is 2. The zero-order valence-corrected chi connectivity index (χ0v) is 11.9. The fourth-order valence-corrected chi connectivity index (χ4v) is 1.19. The molecule has 20 heavy (non-hydrogen) atoms. The van der Waals surface area contributed by atoms with Crippen LogP contribution in [0, 0.1) is 0 Å². The molecule has 0 saturated heterocycles. The Bertz CT molecular complexity index is 553. The van der Waals surface area contributed by atoms with Gasteiger partial charge in [-0.25, -0.2) is 15.0 Å². The number of nitrogens with zero attached hydrogens (tertiary/aromatic N) is 5. The molecule has 1 heterocycles. The van der Waals surface area contributed by atoms with E-state index in [9.17, 15) is 0 Å². The van der Waals surface area contributed by atoms with Crippen molar-refractivity contribution in [2.45, 2.75) is 27.7 Å². The van der Waals surface area contributed by atoms with Crippen LogP contribution >= 0.6 is 0 Å². The summed E-state index contributed by atoms with van der Waals surface area (Å²) >= 11 is 0. The lowest BCUT2D eigenvalue weighted by atomic mass is 10.3. The van der Waals surface area contributed by atoms with Crippen molar-refractivity contribution in [1.29, 1.82) is 0 Å². The molecule has 0 saturated carbocycles. The molecule has 0 atom stereocenters. The van der Waals surface area contributed by atoms with E-state index in [-0.39, 0.29) is 0 Å². The van der Waals surface area contributed by atoms with Crippen molar-refractivity contribution in [1.82, 2.24) is 4.98 Å². The molecule has 0 radical (unpaired) electrons. The molecule has 0 aromatic carbocycles. The Kier molecular flexibility index (Phi) is 5.52. The molecule has 0 amide bonds. The fourth-order valence-electron chi connectivity index (χ4n) is 1.19. The zero-order valence-electron chi connectivity index (χ0n) is 11.9. The molecular weight excluding hydrogens is 258 g/mol. The Morgan fingerprint density at radius 1 is 0.800 bits per heavy atom. The molecule has 1 aromatic rings. The zero-order chi connectivity index (χ0) is 15.1. The number of aromatic nitrogens is 1. The summed E-state index contributed by atoms with van der Waals surface area (Å²) in [5.74, 6) is 0.913. The number of aliphatic imine (C=N–C) groups is 2. The second-order valence-electron chi connectivity index (χ2n) is 4.12. The Morgan fingerprint density at radius 3 is 1.55 bits per heavy atom. The average Bonchev–Trinajstić information content (AvgIpc) is 2.45. The Balaban J connectivity index is 3.09. The van der Waals surface area contributed by atoms with E-state index in [1.807, 2.05) is 0 Å². The lowest BCUT2D eigenvalue weighted by Crippen LogP contribution is -2.05. The standard InChI is InChI=1S/C13H17N5O2/c1-8(10(3)17-19)14-12-6-5-7-13(16-12)15-9(2)11(4)18-20/h5-7,19-20H,1-4H3/b14-8+,15-9?,17-10+,18-11+. The first-order chi connectivity index (χ1) is 9.47. The molecule has 0 aliphatic carbocycles. The van der Waals surface area contributed by atoms with Crippen LogP contribution in [-0.2, 0) is 0 Å². The minimum Gasteiger partial charge on any atom is -0.411 e. The van der Waals surface area contributed by atoms with Gasteiger partial charge in [-0.1, -0.05) is 16.4 Å². The molecule has 106 valence electrons. The fraction of sp³-hybridized carbons (Fsp3) is 0.308. The van der Waals surface area contributed by atoms with E-state index < -0.39 is 0 Å². The quantitative estimate of drug-likeness (QED) is 0.501. The van der Waals surface area contributed by atoms with Gasteiger partial charge in [0, 0.05) is 0 Å². The molecule has 1 aromatic heterocycles. The summed E-state index contributed by atoms with van der Waals surface area (Å²) in [7, 11) is 0. The SMILES string of the molecule is CC(=Nc1cccc(/N=C(C)/C(C)=N/O)n1)/C(C)=N/O. The predicted molar refractivity (Wildman–Crippen MR) is 79.6 cm³/mol. The molecular formula is C13H17N5O2. The molecule has 0 aliphatic rings. The van der Waals surface area contributed by atoms with E-state index in [0.29, 0.717) is 34.5 Å². The van der Waals surface area contributed by atoms with Crippen molar-refractivity contribution < 1.29 is 10.4 Å². The first-order valence-corrected chi connectivity index (χ1v) is 5.93. The summed E-state index contributed by atoms with van der Waals surface area (Å²) in [5.41, 5.74) is 1.96. The monoisotopic (exact) mass is 275 g/mol. The maximum atomic E-state index is 8.67. The van der Waals surface area contributed by atoms with Crippen LogP contribution in [0.2, 0.25) is 0 Å². The van der Waals surface area contributed by atoms with Crippen LogP contribution in [-0.4, -0.2) is 38.2 Å². The van der Waals surface area contributed by atoms with E-state index >= 15 is 0 Å². The lowest BCUT2D eigenvalue weighted by Gasteiger charge is -2.00. The Hall–Kier alpha value is -2.57. The highest BCUT2D eigenvalue weighted by molar-refractivity contribution is 6.41. The third-order valence-electron chi connectivity index (χ3n) is 2.63. The summed E-state index contributed by atoms with van der Waals surface area (Å²) in [6, 6.07) is 5.20. The van der Waals surface area contributed by atoms with Gasteiger partial charge in [-0.15, -0.1) is 0 Å². The molecule has 1 rings (SSSR count). The van der Waals surface area contributed by atoms with E-state index in [1.54, 1.807) is 45.9 Å². The van der Waals surface area contributed by atoms with Crippen LogP contribution in [0.4, 0.5) is 11.6 Å². The molecule has 0 fully saturated rings. The maximum absolute atomic E-state index is 8.67. The van der Waals surface area contributed by atoms with E-state index in [0.717, 1.165) is 0 Å². The van der Waals surface area contributed by atoms with Crippen molar-refractivity contribution in [2.75, 3.05) is 0 Å². The Morgan fingerprint density at radius 2 is 1.20 bits per heavy atom. The van der Waals surface area contributed by atoms with Gasteiger partial charge in [0.2, 0.25) is 0 Å². The second kappa shape index (κ2) is 7.13. The van der Waals surface area contributed by atoms with E-state index in [2.05, 4.69) is 25.3 Å². The first-order valence-electron chi connectivity index (χ1n) is 5.93. The second-order valence-corrected chi connectivity index (χ2v) is 4.12. The highest BCUT2D eigenvalue weighted by Gasteiger charge is 2.02. The number of oxime groups is 2. The van der Waals surface area contributed by atoms with Crippen LogP contribution in [0.25, 0.3) is 0 Å². The highest BCUT2D eigenvalue weighted by atomic mass is 16.4. The van der Waals surface area contributed by atoms with Gasteiger partial charge in [0.25, 0.3) is 0 Å². The van der Waals surface area contributed by atoms with Gasteiger partial charge in [0.1, 0.15) is 0 Å². The van der Waals surface area contributed by atoms with Gasteiger partial charge >= 0.3 is 0 Å². The van der Waals surface area contributed by atoms with Crippen molar-refractivity contribution in [3.8, 4) is 0 Å². The molecule has 2 N–H and O–H groups in total. The molecule has 0 spiro atoms. The topological polar surface area (TPSA) is 103 Å². The van der Waals surface area contributed by atoms with Gasteiger partial charge in [0.15, 0.2) is 11.6 Å². The van der Waals surface area contributed by atoms with Gasteiger partial charge < -0.3 is 10.4 Å². The summed E-state index contributed by atoms with van der Waals surface area (Å²) in [5, 5.41) is 23.5.